The van der Waals surface area contributed by atoms with Crippen LogP contribution in [-0.4, -0.2) is 27.3 Å². The third kappa shape index (κ3) is 2.83. The van der Waals surface area contributed by atoms with Crippen molar-refractivity contribution >= 4 is 23.0 Å². The van der Waals surface area contributed by atoms with Crippen LogP contribution in [0, 0.1) is 0 Å². The molecule has 0 radical (unpaired) electrons. The molecule has 2 rings (SSSR count). The first-order valence-electron chi connectivity index (χ1n) is 5.31. The smallest absolute Gasteiger partial charge is 0.341 e. The summed E-state index contributed by atoms with van der Waals surface area (Å²) < 4.78 is 24.9. The Morgan fingerprint density at radius 1 is 1.41 bits per heavy atom. The minimum absolute atomic E-state index is 0.504. The molecule has 0 aliphatic carbocycles. The molecule has 2 atom stereocenters. The van der Waals surface area contributed by atoms with Crippen LogP contribution in [0.1, 0.15) is 12.8 Å². The van der Waals surface area contributed by atoms with Crippen molar-refractivity contribution in [3.8, 4) is 0 Å². The summed E-state index contributed by atoms with van der Waals surface area (Å²) in [5.74, 6) is -0.709. The van der Waals surface area contributed by atoms with E-state index in [4.69, 9.17) is 0 Å². The first-order chi connectivity index (χ1) is 8.18. The van der Waals surface area contributed by atoms with Crippen LogP contribution < -0.4 is 4.90 Å². The minimum Gasteiger partial charge on any atom is -0.740 e. The highest BCUT2D eigenvalue weighted by Gasteiger charge is 2.32. The van der Waals surface area contributed by atoms with Gasteiger partial charge in [-0.15, -0.1) is 0 Å². The molecule has 1 unspecified atom stereocenters. The second-order valence-electron chi connectivity index (χ2n) is 3.79. The van der Waals surface area contributed by atoms with Crippen molar-refractivity contribution in [2.45, 2.75) is 18.9 Å². The predicted octanol–water partition coefficient (Wildman–Crippen LogP) is 0.993. The van der Waals surface area contributed by atoms with E-state index in [9.17, 15) is 13.6 Å². The number of nitrogens with zero attached hydrogens (tertiary/aromatic N) is 1. The summed E-state index contributed by atoms with van der Waals surface area (Å²) in [6, 6.07) is 8.92. The van der Waals surface area contributed by atoms with Crippen molar-refractivity contribution in [2.24, 2.45) is 0 Å². The Labute approximate surface area is 102 Å². The van der Waals surface area contributed by atoms with E-state index in [-0.39, 0.29) is 0 Å². The summed E-state index contributed by atoms with van der Waals surface area (Å²) in [5, 5.41) is 0. The van der Waals surface area contributed by atoms with Crippen molar-refractivity contribution in [1.82, 2.24) is 0 Å². The molecule has 1 saturated heterocycles. The maximum absolute atomic E-state index is 11.6. The van der Waals surface area contributed by atoms with Crippen molar-refractivity contribution in [3.63, 3.8) is 0 Å². The molecule has 1 aromatic rings. The molecule has 6 heteroatoms. The van der Waals surface area contributed by atoms with Gasteiger partial charge < -0.3 is 13.6 Å². The molecule has 0 spiro atoms. The Morgan fingerprint density at radius 3 is 2.76 bits per heavy atom. The lowest BCUT2D eigenvalue weighted by Gasteiger charge is -2.25. The van der Waals surface area contributed by atoms with E-state index in [2.05, 4.69) is 4.18 Å². The van der Waals surface area contributed by atoms with Crippen LogP contribution in [0.25, 0.3) is 0 Å². The molecule has 0 bridgehead atoms. The average Bonchev–Trinajstić information content (AvgIpc) is 2.78. The van der Waals surface area contributed by atoms with Crippen molar-refractivity contribution in [2.75, 3.05) is 11.4 Å². The van der Waals surface area contributed by atoms with Gasteiger partial charge in [0.1, 0.15) is 17.4 Å². The largest absolute Gasteiger partial charge is 0.740 e. The Morgan fingerprint density at radius 2 is 2.12 bits per heavy atom. The van der Waals surface area contributed by atoms with E-state index >= 15 is 0 Å². The summed E-state index contributed by atoms with van der Waals surface area (Å²) in [6.45, 7) is 0.731. The highest BCUT2D eigenvalue weighted by atomic mass is 32.2. The number of benzene rings is 1. The third-order valence-corrected chi connectivity index (χ3v) is 3.06. The maximum atomic E-state index is 11.6. The molecule has 1 aliphatic heterocycles. The van der Waals surface area contributed by atoms with E-state index in [0.29, 0.717) is 6.42 Å². The molecule has 0 N–H and O–H groups in total. The zero-order valence-corrected chi connectivity index (χ0v) is 9.89. The molecule has 1 fully saturated rings. The number of para-hydroxylation sites is 1. The summed E-state index contributed by atoms with van der Waals surface area (Å²) in [4.78, 5) is 13.5. The van der Waals surface area contributed by atoms with Crippen molar-refractivity contribution in [3.05, 3.63) is 30.3 Å². The maximum Gasteiger partial charge on any atom is 0.341 e. The molecule has 1 aromatic carbocycles. The van der Waals surface area contributed by atoms with E-state index in [0.717, 1.165) is 18.7 Å². The normalized spacial score (nSPS) is 21.2. The minimum atomic E-state index is -2.79. The predicted molar refractivity (Wildman–Crippen MR) is 61.8 cm³/mol. The van der Waals surface area contributed by atoms with Gasteiger partial charge in [0.05, 0.1) is 0 Å². The van der Waals surface area contributed by atoms with Gasteiger partial charge in [-0.2, -0.15) is 0 Å². The first kappa shape index (κ1) is 12.1. The topological polar surface area (TPSA) is 69.7 Å². The number of rotatable bonds is 3. The lowest BCUT2D eigenvalue weighted by Crippen LogP contribution is -2.37. The van der Waals surface area contributed by atoms with Crippen LogP contribution in [-0.2, 0) is 20.3 Å². The molecular formula is C11H12NO4S-. The molecule has 0 saturated carbocycles. The van der Waals surface area contributed by atoms with Gasteiger partial charge in [-0.3, -0.25) is 0 Å². The Balaban J connectivity index is 2.13. The fourth-order valence-electron chi connectivity index (χ4n) is 2.06. The van der Waals surface area contributed by atoms with Gasteiger partial charge in [0.2, 0.25) is 0 Å². The van der Waals surface area contributed by atoms with Crippen LogP contribution in [0.4, 0.5) is 5.69 Å². The summed E-state index contributed by atoms with van der Waals surface area (Å²) in [6.07, 6.45) is 1.46. The van der Waals surface area contributed by atoms with Crippen LogP contribution in [0.5, 0.6) is 0 Å². The van der Waals surface area contributed by atoms with E-state index < -0.39 is 23.4 Å². The fourth-order valence-corrected chi connectivity index (χ4v) is 2.31. The lowest BCUT2D eigenvalue weighted by atomic mass is 10.2. The summed E-state index contributed by atoms with van der Waals surface area (Å²) >= 11 is -2.79. The van der Waals surface area contributed by atoms with Crippen LogP contribution in [0.2, 0.25) is 0 Å². The molecule has 1 aliphatic rings. The number of hydrogen-bond donors (Lipinski definition) is 0. The molecule has 0 aromatic heterocycles. The number of anilines is 1. The van der Waals surface area contributed by atoms with Gasteiger partial charge in [-0.05, 0) is 25.0 Å². The average molecular weight is 254 g/mol. The highest BCUT2D eigenvalue weighted by molar-refractivity contribution is 7.74. The van der Waals surface area contributed by atoms with Crippen LogP contribution in [0.3, 0.4) is 0 Å². The standard InChI is InChI=1S/C11H13NO4S/c13-11(16-17(14)15)10-7-4-8-12(10)9-5-2-1-3-6-9/h1-3,5-6,10H,4,7-8H2,(H,14,15)/p-1/t10-/m0/s1. The second-order valence-corrected chi connectivity index (χ2v) is 4.37. The summed E-state index contributed by atoms with van der Waals surface area (Å²) in [7, 11) is 0. The van der Waals surface area contributed by atoms with Gasteiger partial charge in [-0.1, -0.05) is 18.2 Å². The zero-order valence-electron chi connectivity index (χ0n) is 9.07. The van der Waals surface area contributed by atoms with Gasteiger partial charge in [0.15, 0.2) is 0 Å². The van der Waals surface area contributed by atoms with E-state index in [1.54, 1.807) is 0 Å². The number of carbonyl (C=O) groups is 1. The Bertz CT molecular complexity index is 423. The number of hydrogen-bond acceptors (Lipinski definition) is 5. The number of carbonyl (C=O) groups excluding carboxylic acids is 1. The zero-order chi connectivity index (χ0) is 12.3. The van der Waals surface area contributed by atoms with Crippen LogP contribution in [0.15, 0.2) is 30.3 Å². The fraction of sp³-hybridized carbons (Fsp3) is 0.364. The van der Waals surface area contributed by atoms with Gasteiger partial charge in [0, 0.05) is 12.2 Å². The third-order valence-electron chi connectivity index (χ3n) is 2.76. The molecule has 1 heterocycles. The monoisotopic (exact) mass is 254 g/mol. The van der Waals surface area contributed by atoms with Gasteiger partial charge in [-0.25, -0.2) is 9.00 Å². The Kier molecular flexibility index (Phi) is 3.75. The molecule has 0 amide bonds. The summed E-state index contributed by atoms with van der Waals surface area (Å²) in [5.41, 5.74) is 0.906. The van der Waals surface area contributed by atoms with Gasteiger partial charge >= 0.3 is 5.97 Å². The molecular weight excluding hydrogens is 242 g/mol. The SMILES string of the molecule is O=C(OS(=O)[O-])[C@@H]1CCCN1c1ccccc1. The second kappa shape index (κ2) is 5.29. The molecule has 17 heavy (non-hydrogen) atoms. The highest BCUT2D eigenvalue weighted by Crippen LogP contribution is 2.25. The quantitative estimate of drug-likeness (QED) is 0.752. The first-order valence-corrected chi connectivity index (χ1v) is 6.31. The molecule has 92 valence electrons. The van der Waals surface area contributed by atoms with Crippen molar-refractivity contribution < 1.29 is 17.7 Å². The van der Waals surface area contributed by atoms with E-state index in [1.165, 1.54) is 0 Å². The lowest BCUT2D eigenvalue weighted by molar-refractivity contribution is -0.135. The van der Waals surface area contributed by atoms with Gasteiger partial charge in [0.25, 0.3) is 0 Å². The molecule has 5 nitrogen and oxygen atoms in total. The van der Waals surface area contributed by atoms with Crippen LogP contribution >= 0.6 is 0 Å². The van der Waals surface area contributed by atoms with E-state index in [1.807, 2.05) is 35.2 Å². The van der Waals surface area contributed by atoms with Crippen molar-refractivity contribution in [1.29, 1.82) is 0 Å². The Hall–Kier alpha value is -1.40.